The molecule has 6 nitrogen and oxygen atoms in total. The Hall–Kier alpha value is -1.40. The van der Waals surface area contributed by atoms with Gasteiger partial charge in [-0.25, -0.2) is 4.98 Å². The lowest BCUT2D eigenvalue weighted by Gasteiger charge is -2.11. The van der Waals surface area contributed by atoms with E-state index in [1.54, 1.807) is 7.11 Å². The molecule has 1 aromatic heterocycles. The highest BCUT2D eigenvalue weighted by Crippen LogP contribution is 2.09. The Kier molecular flexibility index (Phi) is 5.80. The molecule has 1 atom stereocenters. The van der Waals surface area contributed by atoms with E-state index in [9.17, 15) is 9.90 Å². The van der Waals surface area contributed by atoms with Crippen LogP contribution in [0.5, 0.6) is 0 Å². The summed E-state index contributed by atoms with van der Waals surface area (Å²) in [5, 5.41) is 12.5. The number of methoxy groups -OCH3 is 1. The number of nitrogens with zero attached hydrogens (tertiary/aromatic N) is 1. The third kappa shape index (κ3) is 4.85. The van der Waals surface area contributed by atoms with Crippen molar-refractivity contribution in [2.45, 2.75) is 32.3 Å². The molecule has 6 heteroatoms. The van der Waals surface area contributed by atoms with Crippen molar-refractivity contribution < 1.29 is 9.84 Å². The maximum Gasteiger partial charge on any atom is 0.252 e. The van der Waals surface area contributed by atoms with Crippen LogP contribution in [0, 0.1) is 0 Å². The standard InChI is InChI=1S/C12H21N3O3/c1-8(2)12-14-10(6-11(17)15-12)13-5-4-9(16)7-18-3/h6,8-9,16H,4-5,7H2,1-3H3,(H2,13,14,15,17). The number of nitrogens with one attached hydrogen (secondary N) is 2. The van der Waals surface area contributed by atoms with Crippen LogP contribution in [0.25, 0.3) is 0 Å². The quantitative estimate of drug-likeness (QED) is 0.667. The van der Waals surface area contributed by atoms with Gasteiger partial charge in [-0.15, -0.1) is 0 Å². The van der Waals surface area contributed by atoms with Gasteiger partial charge in [-0.05, 0) is 6.42 Å². The molecule has 0 radical (unpaired) electrons. The molecule has 102 valence electrons. The van der Waals surface area contributed by atoms with Gasteiger partial charge in [0.25, 0.3) is 5.56 Å². The molecule has 1 unspecified atom stereocenters. The van der Waals surface area contributed by atoms with Gasteiger partial charge in [0, 0.05) is 25.6 Å². The van der Waals surface area contributed by atoms with Gasteiger partial charge in [0.05, 0.1) is 12.7 Å². The molecule has 1 heterocycles. The summed E-state index contributed by atoms with van der Waals surface area (Å²) in [6.07, 6.45) is 0.0355. The summed E-state index contributed by atoms with van der Waals surface area (Å²) in [7, 11) is 1.55. The van der Waals surface area contributed by atoms with Gasteiger partial charge in [-0.2, -0.15) is 0 Å². The van der Waals surface area contributed by atoms with Crippen LogP contribution in [0.2, 0.25) is 0 Å². The summed E-state index contributed by atoms with van der Waals surface area (Å²) in [6, 6.07) is 1.41. The monoisotopic (exact) mass is 255 g/mol. The Morgan fingerprint density at radius 3 is 2.89 bits per heavy atom. The minimum atomic E-state index is -0.505. The normalized spacial score (nSPS) is 12.7. The van der Waals surface area contributed by atoms with Gasteiger partial charge < -0.3 is 20.1 Å². The van der Waals surface area contributed by atoms with Gasteiger partial charge in [0.1, 0.15) is 11.6 Å². The third-order valence-corrected chi connectivity index (χ3v) is 2.45. The van der Waals surface area contributed by atoms with Crippen molar-refractivity contribution in [2.24, 2.45) is 0 Å². The largest absolute Gasteiger partial charge is 0.391 e. The number of aromatic nitrogens is 2. The van der Waals surface area contributed by atoms with E-state index in [1.165, 1.54) is 6.07 Å². The first-order valence-electron chi connectivity index (χ1n) is 6.05. The molecule has 0 fully saturated rings. The molecule has 1 rings (SSSR count). The Balaban J connectivity index is 2.54. The average Bonchev–Trinajstić information content (AvgIpc) is 2.28. The smallest absolute Gasteiger partial charge is 0.252 e. The predicted molar refractivity (Wildman–Crippen MR) is 69.9 cm³/mol. The lowest BCUT2D eigenvalue weighted by molar-refractivity contribution is 0.0615. The second-order valence-corrected chi connectivity index (χ2v) is 4.50. The topological polar surface area (TPSA) is 87.2 Å². The maximum atomic E-state index is 11.4. The van der Waals surface area contributed by atoms with E-state index < -0.39 is 6.10 Å². The van der Waals surface area contributed by atoms with Crippen molar-refractivity contribution in [1.82, 2.24) is 9.97 Å². The molecule has 18 heavy (non-hydrogen) atoms. The van der Waals surface area contributed by atoms with Gasteiger partial charge >= 0.3 is 0 Å². The summed E-state index contributed by atoms with van der Waals surface area (Å²) < 4.78 is 4.83. The number of hydrogen-bond acceptors (Lipinski definition) is 5. The first-order valence-corrected chi connectivity index (χ1v) is 6.05. The minimum absolute atomic E-state index is 0.165. The number of ether oxygens (including phenoxy) is 1. The Bertz CT molecular complexity index is 417. The zero-order valence-corrected chi connectivity index (χ0v) is 11.1. The zero-order chi connectivity index (χ0) is 13.5. The fraction of sp³-hybridized carbons (Fsp3) is 0.667. The molecule has 0 aromatic carbocycles. The number of anilines is 1. The van der Waals surface area contributed by atoms with Crippen LogP contribution in [-0.4, -0.2) is 41.4 Å². The van der Waals surface area contributed by atoms with E-state index in [1.807, 2.05) is 13.8 Å². The molecule has 0 aliphatic heterocycles. The molecule has 0 saturated heterocycles. The van der Waals surface area contributed by atoms with Gasteiger partial charge in [-0.3, -0.25) is 4.79 Å². The second kappa shape index (κ2) is 7.13. The van der Waals surface area contributed by atoms with Crippen LogP contribution in [0.1, 0.15) is 32.0 Å². The van der Waals surface area contributed by atoms with E-state index in [-0.39, 0.29) is 11.5 Å². The summed E-state index contributed by atoms with van der Waals surface area (Å²) in [4.78, 5) is 18.4. The van der Waals surface area contributed by atoms with E-state index >= 15 is 0 Å². The molecule has 0 amide bonds. The molecule has 0 spiro atoms. The highest BCUT2D eigenvalue weighted by molar-refractivity contribution is 5.33. The molecule has 0 bridgehead atoms. The van der Waals surface area contributed by atoms with Crippen molar-refractivity contribution in [2.75, 3.05) is 25.6 Å². The summed E-state index contributed by atoms with van der Waals surface area (Å²) in [5.41, 5.74) is -0.173. The average molecular weight is 255 g/mol. The van der Waals surface area contributed by atoms with Crippen molar-refractivity contribution in [1.29, 1.82) is 0 Å². The Morgan fingerprint density at radius 2 is 2.28 bits per heavy atom. The van der Waals surface area contributed by atoms with Crippen LogP contribution in [-0.2, 0) is 4.74 Å². The number of hydrogen-bond donors (Lipinski definition) is 3. The number of H-pyrrole nitrogens is 1. The van der Waals surface area contributed by atoms with Gasteiger partial charge in [0.2, 0.25) is 0 Å². The second-order valence-electron chi connectivity index (χ2n) is 4.50. The third-order valence-electron chi connectivity index (χ3n) is 2.45. The van der Waals surface area contributed by atoms with E-state index in [4.69, 9.17) is 4.74 Å². The summed E-state index contributed by atoms with van der Waals surface area (Å²) >= 11 is 0. The minimum Gasteiger partial charge on any atom is -0.391 e. The predicted octanol–water partition coefficient (Wildman–Crippen LogP) is 0.703. The van der Waals surface area contributed by atoms with Crippen LogP contribution < -0.4 is 10.9 Å². The van der Waals surface area contributed by atoms with E-state index in [2.05, 4.69) is 15.3 Å². The molecule has 0 aliphatic carbocycles. The van der Waals surface area contributed by atoms with E-state index in [0.717, 1.165) is 0 Å². The summed E-state index contributed by atoms with van der Waals surface area (Å²) in [5.74, 6) is 1.35. The van der Waals surface area contributed by atoms with Crippen LogP contribution >= 0.6 is 0 Å². The lowest BCUT2D eigenvalue weighted by atomic mass is 10.2. The number of aromatic amines is 1. The molecular weight excluding hydrogens is 234 g/mol. The molecule has 0 saturated carbocycles. The Morgan fingerprint density at radius 1 is 1.56 bits per heavy atom. The number of rotatable bonds is 7. The highest BCUT2D eigenvalue weighted by Gasteiger charge is 2.06. The zero-order valence-electron chi connectivity index (χ0n) is 11.1. The summed E-state index contributed by atoms with van der Waals surface area (Å²) in [6.45, 7) is 4.77. The van der Waals surface area contributed by atoms with Crippen LogP contribution in [0.15, 0.2) is 10.9 Å². The van der Waals surface area contributed by atoms with Gasteiger partial charge in [0.15, 0.2) is 0 Å². The maximum absolute atomic E-state index is 11.4. The van der Waals surface area contributed by atoms with E-state index in [0.29, 0.717) is 31.2 Å². The molecular formula is C12H21N3O3. The fourth-order valence-corrected chi connectivity index (χ4v) is 1.48. The SMILES string of the molecule is COCC(O)CCNc1cc(=O)[nH]c(C(C)C)n1. The van der Waals surface area contributed by atoms with Crippen LogP contribution in [0.3, 0.4) is 0 Å². The number of aliphatic hydroxyl groups is 1. The first kappa shape index (κ1) is 14.7. The van der Waals surface area contributed by atoms with Crippen molar-refractivity contribution >= 4 is 5.82 Å². The van der Waals surface area contributed by atoms with Crippen molar-refractivity contribution in [3.63, 3.8) is 0 Å². The lowest BCUT2D eigenvalue weighted by Crippen LogP contribution is -2.20. The van der Waals surface area contributed by atoms with Crippen LogP contribution in [0.4, 0.5) is 5.82 Å². The molecule has 3 N–H and O–H groups in total. The molecule has 1 aromatic rings. The fourth-order valence-electron chi connectivity index (χ4n) is 1.48. The first-order chi connectivity index (χ1) is 8.52. The van der Waals surface area contributed by atoms with Crippen molar-refractivity contribution in [3.05, 3.63) is 22.2 Å². The highest BCUT2D eigenvalue weighted by atomic mass is 16.5. The van der Waals surface area contributed by atoms with Crippen molar-refractivity contribution in [3.8, 4) is 0 Å². The molecule has 0 aliphatic rings. The number of aliphatic hydroxyl groups excluding tert-OH is 1. The van der Waals surface area contributed by atoms with Gasteiger partial charge in [-0.1, -0.05) is 13.8 Å². The Labute approximate surface area is 106 Å².